The number of rotatable bonds is 5. The SMILES string of the molecule is CCC(=O)N1CCc2cccc(S(=O)(=O)NC(C)c3ccccc3)c2C1. The number of carbonyl (C=O) groups is 1. The van der Waals surface area contributed by atoms with Gasteiger partial charge >= 0.3 is 0 Å². The predicted octanol–water partition coefficient (Wildman–Crippen LogP) is 3.02. The highest BCUT2D eigenvalue weighted by Crippen LogP contribution is 2.27. The lowest BCUT2D eigenvalue weighted by Gasteiger charge is -2.30. The van der Waals surface area contributed by atoms with E-state index in [0.29, 0.717) is 25.9 Å². The zero-order chi connectivity index (χ0) is 18.7. The first-order valence-electron chi connectivity index (χ1n) is 8.88. The smallest absolute Gasteiger partial charge is 0.241 e. The molecule has 0 spiro atoms. The van der Waals surface area contributed by atoms with Crippen LogP contribution in [0.25, 0.3) is 0 Å². The molecule has 1 amide bonds. The van der Waals surface area contributed by atoms with Crippen molar-refractivity contribution in [3.8, 4) is 0 Å². The second kappa shape index (κ2) is 7.60. The zero-order valence-corrected chi connectivity index (χ0v) is 15.9. The molecule has 0 saturated carbocycles. The third-order valence-electron chi connectivity index (χ3n) is 4.81. The lowest BCUT2D eigenvalue weighted by Crippen LogP contribution is -2.37. The van der Waals surface area contributed by atoms with Gasteiger partial charge in [0, 0.05) is 25.6 Å². The molecule has 1 heterocycles. The molecule has 1 aliphatic rings. The van der Waals surface area contributed by atoms with E-state index in [1.807, 2.05) is 50.2 Å². The molecule has 0 bridgehead atoms. The number of amides is 1. The highest BCUT2D eigenvalue weighted by molar-refractivity contribution is 7.89. The highest BCUT2D eigenvalue weighted by Gasteiger charge is 2.27. The lowest BCUT2D eigenvalue weighted by molar-refractivity contribution is -0.131. The van der Waals surface area contributed by atoms with Crippen LogP contribution in [0.5, 0.6) is 0 Å². The summed E-state index contributed by atoms with van der Waals surface area (Å²) in [6.45, 7) is 4.63. The largest absolute Gasteiger partial charge is 0.338 e. The van der Waals surface area contributed by atoms with Crippen molar-refractivity contribution in [1.29, 1.82) is 0 Å². The summed E-state index contributed by atoms with van der Waals surface area (Å²) in [5.74, 6) is 0.0495. The molecule has 2 aromatic carbocycles. The molecular weight excluding hydrogens is 348 g/mol. The van der Waals surface area contributed by atoms with Gasteiger partial charge in [-0.2, -0.15) is 0 Å². The summed E-state index contributed by atoms with van der Waals surface area (Å²) in [5.41, 5.74) is 2.64. The quantitative estimate of drug-likeness (QED) is 0.877. The van der Waals surface area contributed by atoms with E-state index in [0.717, 1.165) is 16.7 Å². The fourth-order valence-electron chi connectivity index (χ4n) is 3.34. The summed E-state index contributed by atoms with van der Waals surface area (Å²) in [7, 11) is -3.69. The van der Waals surface area contributed by atoms with Gasteiger partial charge in [0.15, 0.2) is 0 Å². The van der Waals surface area contributed by atoms with E-state index >= 15 is 0 Å². The van der Waals surface area contributed by atoms with Gasteiger partial charge in [-0.05, 0) is 36.1 Å². The van der Waals surface area contributed by atoms with Crippen LogP contribution >= 0.6 is 0 Å². The van der Waals surface area contributed by atoms with Gasteiger partial charge in [0.2, 0.25) is 15.9 Å². The van der Waals surface area contributed by atoms with Crippen LogP contribution in [0.2, 0.25) is 0 Å². The Morgan fingerprint density at radius 3 is 2.58 bits per heavy atom. The number of carbonyl (C=O) groups excluding carboxylic acids is 1. The molecule has 138 valence electrons. The molecule has 0 aromatic heterocycles. The number of nitrogens with zero attached hydrogens (tertiary/aromatic N) is 1. The molecule has 3 rings (SSSR count). The summed E-state index contributed by atoms with van der Waals surface area (Å²) < 4.78 is 28.8. The Kier molecular flexibility index (Phi) is 5.44. The Morgan fingerprint density at radius 2 is 1.88 bits per heavy atom. The van der Waals surface area contributed by atoms with Crippen molar-refractivity contribution < 1.29 is 13.2 Å². The number of nitrogens with one attached hydrogen (secondary N) is 1. The molecule has 0 saturated heterocycles. The first-order chi connectivity index (χ1) is 12.4. The van der Waals surface area contributed by atoms with Gasteiger partial charge in [-0.25, -0.2) is 13.1 Å². The first kappa shape index (κ1) is 18.6. The average molecular weight is 372 g/mol. The van der Waals surface area contributed by atoms with E-state index < -0.39 is 10.0 Å². The second-order valence-electron chi connectivity index (χ2n) is 6.57. The van der Waals surface area contributed by atoms with E-state index in [-0.39, 0.29) is 16.8 Å². The standard InChI is InChI=1S/C20H24N2O3S/c1-3-20(23)22-13-12-17-10-7-11-19(18(17)14-22)26(24,25)21-15(2)16-8-5-4-6-9-16/h4-11,15,21H,3,12-14H2,1-2H3. The molecule has 2 aromatic rings. The van der Waals surface area contributed by atoms with Crippen molar-refractivity contribution >= 4 is 15.9 Å². The Labute approximate surface area is 155 Å². The first-order valence-corrected chi connectivity index (χ1v) is 10.4. The molecule has 1 unspecified atom stereocenters. The Hall–Kier alpha value is -2.18. The van der Waals surface area contributed by atoms with Gasteiger partial charge in [0.25, 0.3) is 0 Å². The highest BCUT2D eigenvalue weighted by atomic mass is 32.2. The monoisotopic (exact) mass is 372 g/mol. The van der Waals surface area contributed by atoms with E-state index in [9.17, 15) is 13.2 Å². The minimum atomic E-state index is -3.69. The van der Waals surface area contributed by atoms with Crippen molar-refractivity contribution in [2.45, 2.75) is 44.2 Å². The molecule has 5 nitrogen and oxygen atoms in total. The van der Waals surface area contributed by atoms with Gasteiger partial charge in [0.1, 0.15) is 0 Å². The molecule has 1 aliphatic heterocycles. The Balaban J connectivity index is 1.90. The molecule has 0 fully saturated rings. The van der Waals surface area contributed by atoms with E-state index in [1.165, 1.54) is 0 Å². The van der Waals surface area contributed by atoms with Crippen molar-refractivity contribution in [2.24, 2.45) is 0 Å². The van der Waals surface area contributed by atoms with Crippen LogP contribution in [0.4, 0.5) is 0 Å². The number of hydrogen-bond donors (Lipinski definition) is 1. The normalized spacial score (nSPS) is 15.4. The van der Waals surface area contributed by atoms with Crippen LogP contribution in [-0.2, 0) is 27.8 Å². The number of hydrogen-bond acceptors (Lipinski definition) is 3. The van der Waals surface area contributed by atoms with Crippen molar-refractivity contribution in [2.75, 3.05) is 6.54 Å². The molecule has 6 heteroatoms. The molecule has 1 N–H and O–H groups in total. The van der Waals surface area contributed by atoms with E-state index in [2.05, 4.69) is 4.72 Å². The van der Waals surface area contributed by atoms with Crippen molar-refractivity contribution in [3.05, 3.63) is 65.2 Å². The maximum absolute atomic E-state index is 13.0. The molecule has 0 radical (unpaired) electrons. The predicted molar refractivity (Wildman–Crippen MR) is 101 cm³/mol. The molecule has 0 aliphatic carbocycles. The second-order valence-corrected chi connectivity index (χ2v) is 8.25. The minimum absolute atomic E-state index is 0.0495. The van der Waals surface area contributed by atoms with Gasteiger partial charge in [0.05, 0.1) is 4.90 Å². The molecule has 26 heavy (non-hydrogen) atoms. The van der Waals surface area contributed by atoms with Crippen LogP contribution in [0, 0.1) is 0 Å². The average Bonchev–Trinajstić information content (AvgIpc) is 2.66. The van der Waals surface area contributed by atoms with Crippen LogP contribution in [-0.4, -0.2) is 25.8 Å². The van der Waals surface area contributed by atoms with Crippen molar-refractivity contribution in [1.82, 2.24) is 9.62 Å². The van der Waals surface area contributed by atoms with Crippen LogP contribution < -0.4 is 4.72 Å². The number of fused-ring (bicyclic) bond motifs is 1. The summed E-state index contributed by atoms with van der Waals surface area (Å²) in [4.78, 5) is 14.1. The molecule has 1 atom stereocenters. The summed E-state index contributed by atoms with van der Waals surface area (Å²) in [6.07, 6.45) is 1.10. The maximum Gasteiger partial charge on any atom is 0.241 e. The third kappa shape index (κ3) is 3.81. The number of benzene rings is 2. The van der Waals surface area contributed by atoms with Gasteiger partial charge in [-0.3, -0.25) is 4.79 Å². The van der Waals surface area contributed by atoms with Crippen LogP contribution in [0.3, 0.4) is 0 Å². The van der Waals surface area contributed by atoms with Crippen LogP contribution in [0.1, 0.15) is 43.0 Å². The minimum Gasteiger partial charge on any atom is -0.338 e. The topological polar surface area (TPSA) is 66.5 Å². The Bertz CT molecular complexity index is 895. The fraction of sp³-hybridized carbons (Fsp3) is 0.350. The molecular formula is C20H24N2O3S. The summed E-state index contributed by atoms with van der Waals surface area (Å²) in [6, 6.07) is 14.5. The van der Waals surface area contributed by atoms with Gasteiger partial charge < -0.3 is 4.90 Å². The number of sulfonamides is 1. The van der Waals surface area contributed by atoms with Crippen LogP contribution in [0.15, 0.2) is 53.4 Å². The fourth-order valence-corrected chi connectivity index (χ4v) is 4.85. The Morgan fingerprint density at radius 1 is 1.15 bits per heavy atom. The maximum atomic E-state index is 13.0. The van der Waals surface area contributed by atoms with E-state index in [1.54, 1.807) is 17.0 Å². The van der Waals surface area contributed by atoms with Crippen molar-refractivity contribution in [3.63, 3.8) is 0 Å². The third-order valence-corrected chi connectivity index (χ3v) is 6.43. The summed E-state index contributed by atoms with van der Waals surface area (Å²) >= 11 is 0. The lowest BCUT2D eigenvalue weighted by atomic mass is 9.99. The summed E-state index contributed by atoms with van der Waals surface area (Å²) in [5, 5.41) is 0. The zero-order valence-electron chi connectivity index (χ0n) is 15.1. The van der Waals surface area contributed by atoms with Gasteiger partial charge in [-0.1, -0.05) is 49.4 Å². The van der Waals surface area contributed by atoms with Gasteiger partial charge in [-0.15, -0.1) is 0 Å². The van der Waals surface area contributed by atoms with E-state index in [4.69, 9.17) is 0 Å².